The second-order valence-corrected chi connectivity index (χ2v) is 7.15. The molecule has 108 valence electrons. The zero-order chi connectivity index (χ0) is 13.7. The number of aryl methyl sites for hydroxylation is 1. The molecule has 0 aromatic carbocycles. The van der Waals surface area contributed by atoms with Crippen LogP contribution in [0.4, 0.5) is 0 Å². The Balaban J connectivity index is 1.89. The first kappa shape index (κ1) is 15.0. The summed E-state index contributed by atoms with van der Waals surface area (Å²) in [6, 6.07) is 0. The van der Waals surface area contributed by atoms with Crippen LogP contribution in [-0.2, 0) is 12.0 Å². The van der Waals surface area contributed by atoms with E-state index in [0.717, 1.165) is 25.2 Å². The SMILES string of the molecule is CCCCCCc1csc(C2(N)CCC(C)CC2)n1. The molecule has 0 spiro atoms. The van der Waals surface area contributed by atoms with Crippen LogP contribution in [0, 0.1) is 5.92 Å². The highest BCUT2D eigenvalue weighted by Gasteiger charge is 2.34. The van der Waals surface area contributed by atoms with Crippen LogP contribution < -0.4 is 5.73 Å². The summed E-state index contributed by atoms with van der Waals surface area (Å²) in [5.74, 6) is 0.838. The lowest BCUT2D eigenvalue weighted by atomic mass is 9.78. The minimum atomic E-state index is -0.126. The van der Waals surface area contributed by atoms with Gasteiger partial charge in [-0.05, 0) is 44.4 Å². The van der Waals surface area contributed by atoms with Gasteiger partial charge in [-0.25, -0.2) is 4.98 Å². The smallest absolute Gasteiger partial charge is 0.113 e. The van der Waals surface area contributed by atoms with Crippen molar-refractivity contribution >= 4 is 11.3 Å². The van der Waals surface area contributed by atoms with Gasteiger partial charge in [0.15, 0.2) is 0 Å². The normalized spacial score (nSPS) is 27.6. The van der Waals surface area contributed by atoms with E-state index in [9.17, 15) is 0 Å². The molecule has 2 rings (SSSR count). The standard InChI is InChI=1S/C16H28N2S/c1-3-4-5-6-7-14-12-19-15(18-14)16(17)10-8-13(2)9-11-16/h12-13H,3-11,17H2,1-2H3. The number of thiazole rings is 1. The number of nitrogens with zero attached hydrogens (tertiary/aromatic N) is 1. The first-order valence-corrected chi connectivity index (χ1v) is 8.76. The average molecular weight is 280 g/mol. The molecule has 3 heteroatoms. The predicted molar refractivity (Wildman–Crippen MR) is 83.5 cm³/mol. The molecule has 0 saturated heterocycles. The van der Waals surface area contributed by atoms with Crippen LogP contribution in [0.2, 0.25) is 0 Å². The first-order chi connectivity index (χ1) is 9.14. The molecule has 2 nitrogen and oxygen atoms in total. The van der Waals surface area contributed by atoms with Crippen molar-refractivity contribution in [2.24, 2.45) is 11.7 Å². The van der Waals surface area contributed by atoms with Crippen molar-refractivity contribution in [1.82, 2.24) is 4.98 Å². The van der Waals surface area contributed by atoms with Gasteiger partial charge in [-0.15, -0.1) is 11.3 Å². The van der Waals surface area contributed by atoms with Gasteiger partial charge in [-0.3, -0.25) is 0 Å². The van der Waals surface area contributed by atoms with E-state index >= 15 is 0 Å². The molecule has 1 saturated carbocycles. The molecule has 0 aliphatic heterocycles. The third-order valence-corrected chi connectivity index (χ3v) is 5.54. The minimum Gasteiger partial charge on any atom is -0.319 e. The fourth-order valence-electron chi connectivity index (χ4n) is 2.87. The number of nitrogens with two attached hydrogens (primary N) is 1. The Bertz CT molecular complexity index is 378. The van der Waals surface area contributed by atoms with Gasteiger partial charge in [0.2, 0.25) is 0 Å². The van der Waals surface area contributed by atoms with Crippen molar-refractivity contribution in [1.29, 1.82) is 0 Å². The van der Waals surface area contributed by atoms with Gasteiger partial charge in [-0.2, -0.15) is 0 Å². The van der Waals surface area contributed by atoms with Crippen molar-refractivity contribution in [3.63, 3.8) is 0 Å². The van der Waals surface area contributed by atoms with Gasteiger partial charge >= 0.3 is 0 Å². The molecule has 1 aliphatic rings. The maximum Gasteiger partial charge on any atom is 0.113 e. The molecule has 0 radical (unpaired) electrons. The van der Waals surface area contributed by atoms with Gasteiger partial charge in [0.05, 0.1) is 11.2 Å². The van der Waals surface area contributed by atoms with E-state index in [1.54, 1.807) is 11.3 Å². The zero-order valence-electron chi connectivity index (χ0n) is 12.5. The summed E-state index contributed by atoms with van der Waals surface area (Å²) in [7, 11) is 0. The van der Waals surface area contributed by atoms with Crippen molar-refractivity contribution in [3.05, 3.63) is 16.1 Å². The van der Waals surface area contributed by atoms with Crippen LogP contribution in [-0.4, -0.2) is 4.98 Å². The highest BCUT2D eigenvalue weighted by Crippen LogP contribution is 2.38. The minimum absolute atomic E-state index is 0.126. The Labute approximate surface area is 121 Å². The predicted octanol–water partition coefficient (Wildman–Crippen LogP) is 4.63. The fraction of sp³-hybridized carbons (Fsp3) is 0.812. The summed E-state index contributed by atoms with van der Waals surface area (Å²) in [5.41, 5.74) is 7.72. The van der Waals surface area contributed by atoms with E-state index in [4.69, 9.17) is 10.7 Å². The van der Waals surface area contributed by atoms with E-state index < -0.39 is 0 Å². The van der Waals surface area contributed by atoms with Crippen LogP contribution in [0.15, 0.2) is 5.38 Å². The third kappa shape index (κ3) is 4.03. The molecule has 0 atom stereocenters. The molecule has 1 aromatic rings. The maximum absolute atomic E-state index is 6.58. The lowest BCUT2D eigenvalue weighted by Gasteiger charge is -2.34. The van der Waals surface area contributed by atoms with Crippen molar-refractivity contribution < 1.29 is 0 Å². The summed E-state index contributed by atoms with van der Waals surface area (Å²) >= 11 is 1.78. The quantitative estimate of drug-likeness (QED) is 0.772. The summed E-state index contributed by atoms with van der Waals surface area (Å²) in [6.07, 6.45) is 11.1. The highest BCUT2D eigenvalue weighted by atomic mass is 32.1. The molecule has 1 aliphatic carbocycles. The number of rotatable bonds is 6. The lowest BCUT2D eigenvalue weighted by molar-refractivity contribution is 0.247. The molecule has 0 amide bonds. The zero-order valence-corrected chi connectivity index (χ0v) is 13.3. The number of hydrogen-bond donors (Lipinski definition) is 1. The van der Waals surface area contributed by atoms with Crippen LogP contribution in [0.3, 0.4) is 0 Å². The van der Waals surface area contributed by atoms with E-state index in [0.29, 0.717) is 0 Å². The van der Waals surface area contributed by atoms with Crippen molar-refractivity contribution in [2.75, 3.05) is 0 Å². The first-order valence-electron chi connectivity index (χ1n) is 7.88. The third-order valence-electron chi connectivity index (χ3n) is 4.43. The molecule has 0 unspecified atom stereocenters. The maximum atomic E-state index is 6.58. The van der Waals surface area contributed by atoms with Crippen molar-refractivity contribution in [3.8, 4) is 0 Å². The number of aromatic nitrogens is 1. The van der Waals surface area contributed by atoms with Gasteiger partial charge in [0.25, 0.3) is 0 Å². The lowest BCUT2D eigenvalue weighted by Crippen LogP contribution is -2.40. The van der Waals surface area contributed by atoms with Gasteiger partial charge in [-0.1, -0.05) is 33.1 Å². The van der Waals surface area contributed by atoms with Gasteiger partial charge < -0.3 is 5.73 Å². The van der Waals surface area contributed by atoms with Gasteiger partial charge in [0.1, 0.15) is 5.01 Å². The molecular formula is C16H28N2S. The Morgan fingerprint density at radius 1 is 1.32 bits per heavy atom. The van der Waals surface area contributed by atoms with E-state index in [2.05, 4.69) is 19.2 Å². The number of unbranched alkanes of at least 4 members (excludes halogenated alkanes) is 3. The summed E-state index contributed by atoms with van der Waals surface area (Å²) < 4.78 is 0. The Hall–Kier alpha value is -0.410. The number of hydrogen-bond acceptors (Lipinski definition) is 3. The van der Waals surface area contributed by atoms with Crippen LogP contribution in [0.5, 0.6) is 0 Å². The van der Waals surface area contributed by atoms with Crippen LogP contribution in [0.1, 0.15) is 75.9 Å². The molecule has 1 aromatic heterocycles. The monoisotopic (exact) mass is 280 g/mol. The van der Waals surface area contributed by atoms with Gasteiger partial charge in [0, 0.05) is 5.38 Å². The molecule has 19 heavy (non-hydrogen) atoms. The molecule has 0 bridgehead atoms. The summed E-state index contributed by atoms with van der Waals surface area (Å²) in [6.45, 7) is 4.59. The van der Waals surface area contributed by atoms with Crippen LogP contribution >= 0.6 is 11.3 Å². The van der Waals surface area contributed by atoms with E-state index in [-0.39, 0.29) is 5.54 Å². The average Bonchev–Trinajstić information content (AvgIpc) is 2.88. The Morgan fingerprint density at radius 3 is 2.74 bits per heavy atom. The summed E-state index contributed by atoms with van der Waals surface area (Å²) in [4.78, 5) is 4.82. The molecule has 1 fully saturated rings. The van der Waals surface area contributed by atoms with E-state index in [1.165, 1.54) is 49.2 Å². The second kappa shape index (κ2) is 6.85. The topological polar surface area (TPSA) is 38.9 Å². The Kier molecular flexibility index (Phi) is 5.40. The fourth-order valence-corrected chi connectivity index (χ4v) is 3.90. The van der Waals surface area contributed by atoms with Crippen molar-refractivity contribution in [2.45, 2.75) is 77.2 Å². The molecule has 2 N–H and O–H groups in total. The summed E-state index contributed by atoms with van der Waals surface area (Å²) in [5, 5.41) is 3.42. The largest absolute Gasteiger partial charge is 0.319 e. The Morgan fingerprint density at radius 2 is 2.05 bits per heavy atom. The highest BCUT2D eigenvalue weighted by molar-refractivity contribution is 7.09. The molecular weight excluding hydrogens is 252 g/mol. The second-order valence-electron chi connectivity index (χ2n) is 6.29. The molecule has 1 heterocycles. The van der Waals surface area contributed by atoms with Crippen LogP contribution in [0.25, 0.3) is 0 Å². The van der Waals surface area contributed by atoms with E-state index in [1.807, 2.05) is 0 Å².